The van der Waals surface area contributed by atoms with Crippen LogP contribution in [0.3, 0.4) is 0 Å². The molecule has 96 valence electrons. The first-order valence-electron chi connectivity index (χ1n) is 4.98. The van der Waals surface area contributed by atoms with Gasteiger partial charge in [0.05, 0.1) is 18.0 Å². The number of anilines is 1. The molecule has 0 heterocycles. The van der Waals surface area contributed by atoms with Gasteiger partial charge < -0.3 is 4.74 Å². The van der Waals surface area contributed by atoms with Gasteiger partial charge in [0.15, 0.2) is 0 Å². The fourth-order valence-electron chi connectivity index (χ4n) is 1.10. The van der Waals surface area contributed by atoms with Crippen molar-refractivity contribution in [3.8, 4) is 0 Å². The summed E-state index contributed by atoms with van der Waals surface area (Å²) in [6.45, 7) is 2.31. The van der Waals surface area contributed by atoms with Crippen LogP contribution < -0.4 is 4.72 Å². The van der Waals surface area contributed by atoms with Gasteiger partial charge >= 0.3 is 0 Å². The highest BCUT2D eigenvalue weighted by Gasteiger charge is 2.13. The number of hydrogen-bond acceptors (Lipinski definition) is 3. The van der Waals surface area contributed by atoms with E-state index in [9.17, 15) is 12.8 Å². The number of hydrogen-bond donors (Lipinski definition) is 1. The minimum Gasteiger partial charge on any atom is -0.381 e. The Morgan fingerprint density at radius 3 is 2.76 bits per heavy atom. The number of nitrogens with one attached hydrogen (secondary N) is 1. The Bertz CT molecular complexity index is 478. The molecule has 0 saturated carbocycles. The molecule has 0 saturated heterocycles. The van der Waals surface area contributed by atoms with E-state index in [1.54, 1.807) is 13.0 Å². The Labute approximate surface area is 108 Å². The van der Waals surface area contributed by atoms with Crippen LogP contribution in [-0.2, 0) is 14.8 Å². The Balaban J connectivity index is 2.69. The second-order valence-electron chi connectivity index (χ2n) is 3.24. The van der Waals surface area contributed by atoms with E-state index in [4.69, 9.17) is 4.74 Å². The van der Waals surface area contributed by atoms with Crippen molar-refractivity contribution < 1.29 is 17.5 Å². The van der Waals surface area contributed by atoms with Gasteiger partial charge in [-0.2, -0.15) is 0 Å². The SMILES string of the molecule is CCOCCS(=O)(=O)Nc1ccc(Br)cc1F. The number of benzene rings is 1. The number of ether oxygens (including phenoxy) is 1. The molecule has 0 radical (unpaired) electrons. The highest BCUT2D eigenvalue weighted by molar-refractivity contribution is 9.10. The fourth-order valence-corrected chi connectivity index (χ4v) is 2.38. The van der Waals surface area contributed by atoms with Gasteiger partial charge in [0, 0.05) is 11.1 Å². The van der Waals surface area contributed by atoms with Gasteiger partial charge in [-0.05, 0) is 25.1 Å². The molecule has 1 N–H and O–H groups in total. The number of rotatable bonds is 6. The minimum atomic E-state index is -3.57. The van der Waals surface area contributed by atoms with Crippen LogP contribution in [0.2, 0.25) is 0 Å². The smallest absolute Gasteiger partial charge is 0.235 e. The lowest BCUT2D eigenvalue weighted by Gasteiger charge is -2.09. The average molecular weight is 326 g/mol. The molecule has 0 aliphatic carbocycles. The summed E-state index contributed by atoms with van der Waals surface area (Å²) in [7, 11) is -3.57. The molecule has 0 aromatic heterocycles. The highest BCUT2D eigenvalue weighted by Crippen LogP contribution is 2.20. The standard InChI is InChI=1S/C10H13BrFNO3S/c1-2-16-5-6-17(14,15)13-10-4-3-8(11)7-9(10)12/h3-4,7,13H,2,5-6H2,1H3. The van der Waals surface area contributed by atoms with E-state index < -0.39 is 15.8 Å². The van der Waals surface area contributed by atoms with Crippen LogP contribution in [0.15, 0.2) is 22.7 Å². The van der Waals surface area contributed by atoms with Gasteiger partial charge in [0.25, 0.3) is 0 Å². The van der Waals surface area contributed by atoms with Crippen molar-refractivity contribution in [2.45, 2.75) is 6.92 Å². The monoisotopic (exact) mass is 325 g/mol. The summed E-state index contributed by atoms with van der Waals surface area (Å²) in [5, 5.41) is 0. The molecule has 0 aliphatic rings. The first kappa shape index (κ1) is 14.4. The molecular formula is C10H13BrFNO3S. The van der Waals surface area contributed by atoms with Crippen LogP contribution >= 0.6 is 15.9 Å². The van der Waals surface area contributed by atoms with Crippen LogP contribution in [0.4, 0.5) is 10.1 Å². The normalized spacial score (nSPS) is 11.5. The van der Waals surface area contributed by atoms with Gasteiger partial charge in [0.1, 0.15) is 5.82 Å². The summed E-state index contributed by atoms with van der Waals surface area (Å²) >= 11 is 3.09. The van der Waals surface area contributed by atoms with Gasteiger partial charge in [0.2, 0.25) is 10.0 Å². The zero-order valence-electron chi connectivity index (χ0n) is 9.24. The van der Waals surface area contributed by atoms with Crippen molar-refractivity contribution in [3.05, 3.63) is 28.5 Å². The molecule has 1 aromatic carbocycles. The van der Waals surface area contributed by atoms with E-state index in [2.05, 4.69) is 20.7 Å². The maximum atomic E-state index is 13.4. The molecular weight excluding hydrogens is 313 g/mol. The fraction of sp³-hybridized carbons (Fsp3) is 0.400. The molecule has 0 bridgehead atoms. The Morgan fingerprint density at radius 1 is 1.47 bits per heavy atom. The third kappa shape index (κ3) is 5.01. The van der Waals surface area contributed by atoms with Crippen molar-refractivity contribution in [3.63, 3.8) is 0 Å². The van der Waals surface area contributed by atoms with Crippen molar-refractivity contribution in [1.29, 1.82) is 0 Å². The van der Waals surface area contributed by atoms with Gasteiger partial charge in [-0.1, -0.05) is 15.9 Å². The predicted molar refractivity (Wildman–Crippen MR) is 68.0 cm³/mol. The lowest BCUT2D eigenvalue weighted by molar-refractivity contribution is 0.163. The van der Waals surface area contributed by atoms with E-state index >= 15 is 0 Å². The van der Waals surface area contributed by atoms with Crippen LogP contribution in [0.1, 0.15) is 6.92 Å². The van der Waals surface area contributed by atoms with E-state index in [1.165, 1.54) is 12.1 Å². The van der Waals surface area contributed by atoms with Crippen LogP contribution in [-0.4, -0.2) is 27.4 Å². The molecule has 0 spiro atoms. The van der Waals surface area contributed by atoms with Crippen LogP contribution in [0.5, 0.6) is 0 Å². The zero-order valence-corrected chi connectivity index (χ0v) is 11.6. The molecule has 1 rings (SSSR count). The van der Waals surface area contributed by atoms with Crippen LogP contribution in [0, 0.1) is 5.82 Å². The summed E-state index contributed by atoms with van der Waals surface area (Å²) in [4.78, 5) is 0. The summed E-state index contributed by atoms with van der Waals surface area (Å²) in [6.07, 6.45) is 0. The maximum Gasteiger partial charge on any atom is 0.235 e. The van der Waals surface area contributed by atoms with E-state index in [1.807, 2.05) is 0 Å². The van der Waals surface area contributed by atoms with E-state index in [-0.39, 0.29) is 18.0 Å². The Hall–Kier alpha value is -0.660. The molecule has 0 fully saturated rings. The zero-order chi connectivity index (χ0) is 12.9. The predicted octanol–water partition coefficient (Wildman–Crippen LogP) is 2.37. The van der Waals surface area contributed by atoms with Crippen molar-refractivity contribution >= 4 is 31.6 Å². The number of halogens is 2. The maximum absolute atomic E-state index is 13.4. The molecule has 0 amide bonds. The molecule has 0 aliphatic heterocycles. The van der Waals surface area contributed by atoms with Crippen molar-refractivity contribution in [1.82, 2.24) is 0 Å². The quantitative estimate of drug-likeness (QED) is 0.817. The second-order valence-corrected chi connectivity index (χ2v) is 6.00. The van der Waals surface area contributed by atoms with Crippen molar-refractivity contribution in [2.75, 3.05) is 23.7 Å². The lowest BCUT2D eigenvalue weighted by atomic mass is 10.3. The molecule has 0 atom stereocenters. The summed E-state index contributed by atoms with van der Waals surface area (Å²) in [5.74, 6) is -0.824. The Morgan fingerprint density at radius 2 is 2.18 bits per heavy atom. The molecule has 4 nitrogen and oxygen atoms in total. The van der Waals surface area contributed by atoms with Crippen molar-refractivity contribution in [2.24, 2.45) is 0 Å². The Kier molecular flexibility index (Phi) is 5.35. The second kappa shape index (κ2) is 6.32. The number of sulfonamides is 1. The van der Waals surface area contributed by atoms with Gasteiger partial charge in [-0.3, -0.25) is 4.72 Å². The first-order valence-corrected chi connectivity index (χ1v) is 7.42. The summed E-state index contributed by atoms with van der Waals surface area (Å²) in [6, 6.07) is 4.11. The third-order valence-electron chi connectivity index (χ3n) is 1.90. The largest absolute Gasteiger partial charge is 0.381 e. The summed E-state index contributed by atoms with van der Waals surface area (Å²) in [5.41, 5.74) is -0.0651. The highest BCUT2D eigenvalue weighted by atomic mass is 79.9. The lowest BCUT2D eigenvalue weighted by Crippen LogP contribution is -2.20. The topological polar surface area (TPSA) is 55.4 Å². The minimum absolute atomic E-state index is 0.0651. The molecule has 7 heteroatoms. The van der Waals surface area contributed by atoms with Gasteiger partial charge in [-0.15, -0.1) is 0 Å². The van der Waals surface area contributed by atoms with E-state index in [0.717, 1.165) is 0 Å². The molecule has 17 heavy (non-hydrogen) atoms. The molecule has 0 unspecified atom stereocenters. The average Bonchev–Trinajstić information content (AvgIpc) is 2.22. The first-order chi connectivity index (χ1) is 7.94. The van der Waals surface area contributed by atoms with Gasteiger partial charge in [-0.25, -0.2) is 12.8 Å². The summed E-state index contributed by atoms with van der Waals surface area (Å²) < 4.78 is 44.1. The van der Waals surface area contributed by atoms with Crippen LogP contribution in [0.25, 0.3) is 0 Å². The van der Waals surface area contributed by atoms with E-state index in [0.29, 0.717) is 11.1 Å². The molecule has 1 aromatic rings. The third-order valence-corrected chi connectivity index (χ3v) is 3.63.